The minimum absolute atomic E-state index is 0.0427. The summed E-state index contributed by atoms with van der Waals surface area (Å²) in [6, 6.07) is 0. The summed E-state index contributed by atoms with van der Waals surface area (Å²) < 4.78 is 0. The topological polar surface area (TPSA) is 58.4 Å². The van der Waals surface area contributed by atoms with Crippen molar-refractivity contribution < 1.29 is 4.79 Å². The van der Waals surface area contributed by atoms with Crippen molar-refractivity contribution in [3.63, 3.8) is 0 Å². The molecule has 3 N–H and O–H groups in total. The highest BCUT2D eigenvalue weighted by atomic mass is 16.2. The quantitative estimate of drug-likeness (QED) is 0.709. The second-order valence-corrected chi connectivity index (χ2v) is 5.51. The van der Waals surface area contributed by atoms with Crippen LogP contribution in [0, 0.1) is 5.41 Å². The smallest absolute Gasteiger partial charge is 0.227 e. The fourth-order valence-electron chi connectivity index (χ4n) is 1.07. The molecule has 0 rings (SSSR count). The molecule has 1 amide bonds. The summed E-state index contributed by atoms with van der Waals surface area (Å²) in [7, 11) is 4.02. The molecule has 0 aromatic heterocycles. The number of likely N-dealkylation sites (N-methyl/N-ethyl adjacent to an activating group) is 1. The van der Waals surface area contributed by atoms with Gasteiger partial charge in [-0.3, -0.25) is 4.79 Å². The highest BCUT2D eigenvalue weighted by molar-refractivity contribution is 5.82. The van der Waals surface area contributed by atoms with Crippen LogP contribution in [0.5, 0.6) is 0 Å². The molecule has 0 aliphatic rings. The number of nitrogens with two attached hydrogens (primary N) is 1. The summed E-state index contributed by atoms with van der Waals surface area (Å²) in [6.07, 6.45) is 0.762. The Morgan fingerprint density at radius 1 is 1.31 bits per heavy atom. The van der Waals surface area contributed by atoms with Crippen LogP contribution in [-0.2, 0) is 4.79 Å². The zero-order valence-electron chi connectivity index (χ0n) is 11.6. The first kappa shape index (κ1) is 15.4. The Hall–Kier alpha value is -0.610. The van der Waals surface area contributed by atoms with E-state index in [4.69, 9.17) is 5.73 Å². The van der Waals surface area contributed by atoms with E-state index in [0.29, 0.717) is 13.1 Å². The minimum Gasteiger partial charge on any atom is -0.354 e. The maximum atomic E-state index is 12.0. The van der Waals surface area contributed by atoms with E-state index in [0.717, 1.165) is 6.42 Å². The normalized spacial score (nSPS) is 16.0. The number of hydrogen-bond acceptors (Lipinski definition) is 3. The summed E-state index contributed by atoms with van der Waals surface area (Å²) in [5, 5.41) is 2.99. The third-order valence-corrected chi connectivity index (χ3v) is 3.67. The van der Waals surface area contributed by atoms with E-state index < -0.39 is 5.41 Å². The van der Waals surface area contributed by atoms with Crippen molar-refractivity contribution in [1.82, 2.24) is 10.2 Å². The highest BCUT2D eigenvalue weighted by Crippen LogP contribution is 2.19. The molecule has 1 atom stereocenters. The molecule has 16 heavy (non-hydrogen) atoms. The van der Waals surface area contributed by atoms with E-state index in [1.807, 2.05) is 27.9 Å². The van der Waals surface area contributed by atoms with Crippen molar-refractivity contribution in [1.29, 1.82) is 0 Å². The maximum absolute atomic E-state index is 12.0. The van der Waals surface area contributed by atoms with Crippen molar-refractivity contribution in [2.24, 2.45) is 11.1 Å². The van der Waals surface area contributed by atoms with Gasteiger partial charge in [-0.2, -0.15) is 0 Å². The van der Waals surface area contributed by atoms with Crippen molar-refractivity contribution in [3.05, 3.63) is 0 Å². The third kappa shape index (κ3) is 3.76. The zero-order valence-corrected chi connectivity index (χ0v) is 11.6. The fourth-order valence-corrected chi connectivity index (χ4v) is 1.07. The molecule has 1 unspecified atom stereocenters. The van der Waals surface area contributed by atoms with Gasteiger partial charge < -0.3 is 16.0 Å². The minimum atomic E-state index is -0.442. The van der Waals surface area contributed by atoms with E-state index in [9.17, 15) is 4.79 Å². The third-order valence-electron chi connectivity index (χ3n) is 3.67. The molecule has 4 nitrogen and oxygen atoms in total. The number of rotatable bonds is 6. The molecule has 96 valence electrons. The maximum Gasteiger partial charge on any atom is 0.227 e. The van der Waals surface area contributed by atoms with Gasteiger partial charge in [0.1, 0.15) is 0 Å². The van der Waals surface area contributed by atoms with E-state index in [-0.39, 0.29) is 11.4 Å². The van der Waals surface area contributed by atoms with E-state index in [1.165, 1.54) is 0 Å². The molecule has 0 aliphatic carbocycles. The number of nitrogens with zero attached hydrogens (tertiary/aromatic N) is 1. The lowest BCUT2D eigenvalue weighted by Gasteiger charge is -2.34. The van der Waals surface area contributed by atoms with E-state index in [2.05, 4.69) is 24.1 Å². The van der Waals surface area contributed by atoms with Crippen LogP contribution in [0.4, 0.5) is 0 Å². The SMILES string of the molecule is CCC(C)(CN)C(=O)NCC(C)(C)N(C)C. The Balaban J connectivity index is 4.38. The Bertz CT molecular complexity index is 232. The lowest BCUT2D eigenvalue weighted by atomic mass is 9.86. The molecular formula is C12H27N3O. The number of carbonyl (C=O) groups excluding carboxylic acids is 1. The van der Waals surface area contributed by atoms with Crippen LogP contribution < -0.4 is 11.1 Å². The molecule has 0 heterocycles. The Kier molecular flexibility index (Phi) is 5.42. The van der Waals surface area contributed by atoms with Gasteiger partial charge in [0.2, 0.25) is 5.91 Å². The van der Waals surface area contributed by atoms with Gasteiger partial charge in [0.05, 0.1) is 5.41 Å². The second-order valence-electron chi connectivity index (χ2n) is 5.51. The average Bonchev–Trinajstić information content (AvgIpc) is 2.24. The van der Waals surface area contributed by atoms with Gasteiger partial charge in [-0.15, -0.1) is 0 Å². The molecule has 0 fully saturated rings. The predicted octanol–water partition coefficient (Wildman–Crippen LogP) is 0.818. The molecule has 0 aromatic carbocycles. The number of amides is 1. The van der Waals surface area contributed by atoms with Crippen molar-refractivity contribution in [2.45, 2.75) is 39.7 Å². The standard InChI is InChI=1S/C12H27N3O/c1-7-12(4,8-13)10(16)14-9-11(2,3)15(5)6/h7-9,13H2,1-6H3,(H,14,16). The Labute approximate surface area is 99.6 Å². The van der Waals surface area contributed by atoms with Crippen molar-refractivity contribution >= 4 is 5.91 Å². The molecule has 4 heteroatoms. The van der Waals surface area contributed by atoms with Gasteiger partial charge in [-0.25, -0.2) is 0 Å². The molecule has 0 saturated heterocycles. The van der Waals surface area contributed by atoms with Crippen molar-refractivity contribution in [3.8, 4) is 0 Å². The van der Waals surface area contributed by atoms with Gasteiger partial charge in [0.25, 0.3) is 0 Å². The van der Waals surface area contributed by atoms with E-state index in [1.54, 1.807) is 0 Å². The van der Waals surface area contributed by atoms with Crippen LogP contribution in [0.3, 0.4) is 0 Å². The first-order valence-corrected chi connectivity index (χ1v) is 5.85. The molecule has 0 aromatic rings. The molecule has 0 radical (unpaired) electrons. The largest absolute Gasteiger partial charge is 0.354 e. The lowest BCUT2D eigenvalue weighted by molar-refractivity contribution is -0.130. The first-order valence-electron chi connectivity index (χ1n) is 5.85. The van der Waals surface area contributed by atoms with Crippen LogP contribution in [0.2, 0.25) is 0 Å². The van der Waals surface area contributed by atoms with Gasteiger partial charge in [-0.05, 0) is 41.3 Å². The molecule has 0 aliphatic heterocycles. The highest BCUT2D eigenvalue weighted by Gasteiger charge is 2.31. The number of nitrogens with one attached hydrogen (secondary N) is 1. The van der Waals surface area contributed by atoms with Crippen LogP contribution in [0.15, 0.2) is 0 Å². The number of hydrogen-bond donors (Lipinski definition) is 2. The summed E-state index contributed by atoms with van der Waals surface area (Å²) >= 11 is 0. The van der Waals surface area contributed by atoms with Crippen LogP contribution in [0.1, 0.15) is 34.1 Å². The van der Waals surface area contributed by atoms with Crippen LogP contribution in [0.25, 0.3) is 0 Å². The first-order chi connectivity index (χ1) is 7.19. The fraction of sp³-hybridized carbons (Fsp3) is 0.917. The summed E-state index contributed by atoms with van der Waals surface area (Å²) in [5.74, 6) is 0.0485. The van der Waals surface area contributed by atoms with Gasteiger partial charge in [-0.1, -0.05) is 6.92 Å². The second kappa shape index (κ2) is 5.64. The molecule has 0 saturated carbocycles. The monoisotopic (exact) mass is 229 g/mol. The van der Waals surface area contributed by atoms with Gasteiger partial charge >= 0.3 is 0 Å². The van der Waals surface area contributed by atoms with Crippen LogP contribution >= 0.6 is 0 Å². The summed E-state index contributed by atoms with van der Waals surface area (Å²) in [5.41, 5.74) is 5.16. The van der Waals surface area contributed by atoms with Crippen LogP contribution in [-0.4, -0.2) is 43.5 Å². The average molecular weight is 229 g/mol. The lowest BCUT2D eigenvalue weighted by Crippen LogP contribution is -2.52. The molecule has 0 spiro atoms. The Morgan fingerprint density at radius 3 is 2.12 bits per heavy atom. The van der Waals surface area contributed by atoms with Gasteiger partial charge in [0.15, 0.2) is 0 Å². The summed E-state index contributed by atoms with van der Waals surface area (Å²) in [4.78, 5) is 14.1. The van der Waals surface area contributed by atoms with Gasteiger partial charge in [0, 0.05) is 18.6 Å². The predicted molar refractivity (Wildman–Crippen MR) is 68.2 cm³/mol. The zero-order chi connectivity index (χ0) is 13.0. The molecule has 0 bridgehead atoms. The summed E-state index contributed by atoms with van der Waals surface area (Å²) in [6.45, 7) is 9.11. The Morgan fingerprint density at radius 2 is 1.81 bits per heavy atom. The van der Waals surface area contributed by atoms with Crippen molar-refractivity contribution in [2.75, 3.05) is 27.2 Å². The molecular weight excluding hydrogens is 202 g/mol. The van der Waals surface area contributed by atoms with E-state index >= 15 is 0 Å². The number of carbonyl (C=O) groups is 1.